The molecule has 0 saturated heterocycles. The SMILES string of the molecule is COc1ccc(CNc2ccc([N+](=O)[O-])cc2N)c(OC)c1. The van der Waals surface area contributed by atoms with E-state index in [1.165, 1.54) is 12.1 Å². The molecule has 0 amide bonds. The number of nitrogens with one attached hydrogen (secondary N) is 1. The zero-order valence-corrected chi connectivity index (χ0v) is 12.3. The van der Waals surface area contributed by atoms with Crippen LogP contribution in [0.25, 0.3) is 0 Å². The molecule has 0 unspecified atom stereocenters. The Labute approximate surface area is 127 Å². The smallest absolute Gasteiger partial charge is 0.271 e. The van der Waals surface area contributed by atoms with Gasteiger partial charge in [-0.3, -0.25) is 10.1 Å². The molecule has 3 N–H and O–H groups in total. The summed E-state index contributed by atoms with van der Waals surface area (Å²) in [6.07, 6.45) is 0. The van der Waals surface area contributed by atoms with Crippen molar-refractivity contribution >= 4 is 17.1 Å². The lowest BCUT2D eigenvalue weighted by Crippen LogP contribution is -2.04. The standard InChI is InChI=1S/C15H17N3O4/c1-21-12-5-3-10(15(8-12)22-2)9-17-14-6-4-11(18(19)20)7-13(14)16/h3-8,17H,9,16H2,1-2H3. The molecule has 0 aliphatic rings. The van der Waals surface area contributed by atoms with Gasteiger partial charge in [-0.2, -0.15) is 0 Å². The van der Waals surface area contributed by atoms with Crippen LogP contribution in [0.15, 0.2) is 36.4 Å². The first kappa shape index (κ1) is 15.4. The summed E-state index contributed by atoms with van der Waals surface area (Å²) in [4.78, 5) is 10.2. The van der Waals surface area contributed by atoms with Crippen molar-refractivity contribution in [2.75, 3.05) is 25.3 Å². The maximum absolute atomic E-state index is 10.7. The summed E-state index contributed by atoms with van der Waals surface area (Å²) in [6.45, 7) is 0.467. The predicted octanol–water partition coefficient (Wildman–Crippen LogP) is 2.81. The summed E-state index contributed by atoms with van der Waals surface area (Å²) < 4.78 is 10.5. The third-order valence-electron chi connectivity index (χ3n) is 3.21. The summed E-state index contributed by atoms with van der Waals surface area (Å²) in [5, 5.41) is 13.8. The third-order valence-corrected chi connectivity index (χ3v) is 3.21. The van der Waals surface area contributed by atoms with Gasteiger partial charge in [-0.05, 0) is 18.2 Å². The number of hydrogen-bond donors (Lipinski definition) is 2. The van der Waals surface area contributed by atoms with E-state index in [9.17, 15) is 10.1 Å². The number of nitrogens with zero attached hydrogens (tertiary/aromatic N) is 1. The Bertz CT molecular complexity index is 688. The molecule has 0 bridgehead atoms. The van der Waals surface area contributed by atoms with Gasteiger partial charge in [0.05, 0.1) is 30.5 Å². The lowest BCUT2D eigenvalue weighted by molar-refractivity contribution is -0.384. The summed E-state index contributed by atoms with van der Waals surface area (Å²) in [7, 11) is 3.17. The Morgan fingerprint density at radius 2 is 1.95 bits per heavy atom. The number of non-ortho nitro benzene ring substituents is 1. The van der Waals surface area contributed by atoms with Gasteiger partial charge in [0.25, 0.3) is 5.69 Å². The fourth-order valence-corrected chi connectivity index (χ4v) is 2.01. The van der Waals surface area contributed by atoms with E-state index in [2.05, 4.69) is 5.32 Å². The highest BCUT2D eigenvalue weighted by atomic mass is 16.6. The average Bonchev–Trinajstić information content (AvgIpc) is 2.53. The molecule has 7 heteroatoms. The first-order chi connectivity index (χ1) is 10.5. The van der Waals surface area contributed by atoms with Crippen molar-refractivity contribution in [1.29, 1.82) is 0 Å². The van der Waals surface area contributed by atoms with Gasteiger partial charge in [0.15, 0.2) is 0 Å². The number of benzene rings is 2. The molecule has 2 aromatic carbocycles. The summed E-state index contributed by atoms with van der Waals surface area (Å²) in [6, 6.07) is 9.82. The number of rotatable bonds is 6. The summed E-state index contributed by atoms with van der Waals surface area (Å²) >= 11 is 0. The molecule has 116 valence electrons. The minimum atomic E-state index is -0.480. The number of anilines is 2. The summed E-state index contributed by atoms with van der Waals surface area (Å²) in [5.74, 6) is 1.39. The number of ether oxygens (including phenoxy) is 2. The number of methoxy groups -OCH3 is 2. The van der Waals surface area contributed by atoms with Crippen LogP contribution in [-0.4, -0.2) is 19.1 Å². The zero-order valence-electron chi connectivity index (χ0n) is 12.3. The van der Waals surface area contributed by atoms with Crippen molar-refractivity contribution in [3.8, 4) is 11.5 Å². The first-order valence-electron chi connectivity index (χ1n) is 6.54. The van der Waals surface area contributed by atoms with Crippen LogP contribution in [0.1, 0.15) is 5.56 Å². The number of nitrogens with two attached hydrogens (primary N) is 1. The van der Waals surface area contributed by atoms with E-state index in [4.69, 9.17) is 15.2 Å². The fraction of sp³-hybridized carbons (Fsp3) is 0.200. The van der Waals surface area contributed by atoms with Crippen molar-refractivity contribution < 1.29 is 14.4 Å². The average molecular weight is 303 g/mol. The second kappa shape index (κ2) is 6.66. The number of nitro groups is 1. The maximum atomic E-state index is 10.7. The van der Waals surface area contributed by atoms with E-state index in [1.807, 2.05) is 12.1 Å². The van der Waals surface area contributed by atoms with Crippen molar-refractivity contribution in [2.45, 2.75) is 6.54 Å². The molecule has 0 atom stereocenters. The van der Waals surface area contributed by atoms with Crippen LogP contribution in [0.4, 0.5) is 17.1 Å². The highest BCUT2D eigenvalue weighted by Crippen LogP contribution is 2.28. The summed E-state index contributed by atoms with van der Waals surface area (Å²) in [5.41, 5.74) is 7.65. The molecular formula is C15H17N3O4. The van der Waals surface area contributed by atoms with Crippen LogP contribution in [0.2, 0.25) is 0 Å². The topological polar surface area (TPSA) is 99.6 Å². The van der Waals surface area contributed by atoms with Gasteiger partial charge < -0.3 is 20.5 Å². The second-order valence-electron chi connectivity index (χ2n) is 4.56. The molecule has 0 aromatic heterocycles. The van der Waals surface area contributed by atoms with Crippen LogP contribution in [0.3, 0.4) is 0 Å². The van der Waals surface area contributed by atoms with E-state index in [-0.39, 0.29) is 5.69 Å². The molecule has 2 rings (SSSR count). The highest BCUT2D eigenvalue weighted by Gasteiger charge is 2.10. The Kier molecular flexibility index (Phi) is 4.67. The Balaban J connectivity index is 2.15. The largest absolute Gasteiger partial charge is 0.497 e. The van der Waals surface area contributed by atoms with E-state index >= 15 is 0 Å². The normalized spacial score (nSPS) is 10.1. The molecule has 0 aliphatic heterocycles. The molecule has 0 aliphatic carbocycles. The van der Waals surface area contributed by atoms with Crippen LogP contribution < -0.4 is 20.5 Å². The van der Waals surface area contributed by atoms with Crippen LogP contribution in [0, 0.1) is 10.1 Å². The zero-order chi connectivity index (χ0) is 16.1. The van der Waals surface area contributed by atoms with Crippen molar-refractivity contribution in [2.24, 2.45) is 0 Å². The van der Waals surface area contributed by atoms with Crippen molar-refractivity contribution in [3.05, 3.63) is 52.1 Å². The number of nitro benzene ring substituents is 1. The van der Waals surface area contributed by atoms with Gasteiger partial charge in [-0.15, -0.1) is 0 Å². The Morgan fingerprint density at radius 1 is 1.18 bits per heavy atom. The van der Waals surface area contributed by atoms with Gasteiger partial charge in [0.2, 0.25) is 0 Å². The van der Waals surface area contributed by atoms with Gasteiger partial charge in [0, 0.05) is 30.3 Å². The van der Waals surface area contributed by atoms with Gasteiger partial charge >= 0.3 is 0 Å². The lowest BCUT2D eigenvalue weighted by atomic mass is 10.1. The van der Waals surface area contributed by atoms with E-state index in [0.29, 0.717) is 29.4 Å². The van der Waals surface area contributed by atoms with Gasteiger partial charge in [-0.1, -0.05) is 0 Å². The first-order valence-corrected chi connectivity index (χ1v) is 6.54. The van der Waals surface area contributed by atoms with Crippen LogP contribution >= 0.6 is 0 Å². The molecule has 0 saturated carbocycles. The molecular weight excluding hydrogens is 286 g/mol. The molecule has 7 nitrogen and oxygen atoms in total. The van der Waals surface area contributed by atoms with Gasteiger partial charge in [-0.25, -0.2) is 0 Å². The molecule has 0 spiro atoms. The lowest BCUT2D eigenvalue weighted by Gasteiger charge is -2.13. The molecule has 0 heterocycles. The van der Waals surface area contributed by atoms with E-state index in [0.717, 1.165) is 5.56 Å². The third kappa shape index (κ3) is 3.38. The predicted molar refractivity (Wildman–Crippen MR) is 84.4 cm³/mol. The molecule has 0 fully saturated rings. The van der Waals surface area contributed by atoms with Crippen LogP contribution in [-0.2, 0) is 6.54 Å². The number of hydrogen-bond acceptors (Lipinski definition) is 6. The van der Waals surface area contributed by atoms with Crippen LogP contribution in [0.5, 0.6) is 11.5 Å². The maximum Gasteiger partial charge on any atom is 0.271 e. The highest BCUT2D eigenvalue weighted by molar-refractivity contribution is 5.69. The fourth-order valence-electron chi connectivity index (χ4n) is 2.01. The molecule has 0 radical (unpaired) electrons. The number of nitrogen functional groups attached to an aromatic ring is 1. The molecule has 2 aromatic rings. The van der Waals surface area contributed by atoms with E-state index < -0.39 is 4.92 Å². The molecule has 22 heavy (non-hydrogen) atoms. The second-order valence-corrected chi connectivity index (χ2v) is 4.56. The minimum absolute atomic E-state index is 0.0370. The van der Waals surface area contributed by atoms with E-state index in [1.54, 1.807) is 26.4 Å². The van der Waals surface area contributed by atoms with Crippen molar-refractivity contribution in [3.63, 3.8) is 0 Å². The van der Waals surface area contributed by atoms with Gasteiger partial charge in [0.1, 0.15) is 11.5 Å². The Morgan fingerprint density at radius 3 is 2.55 bits per heavy atom. The van der Waals surface area contributed by atoms with Crippen molar-refractivity contribution in [1.82, 2.24) is 0 Å². The monoisotopic (exact) mass is 303 g/mol. The Hall–Kier alpha value is -2.96. The minimum Gasteiger partial charge on any atom is -0.497 e. The quantitative estimate of drug-likeness (QED) is 0.483.